The van der Waals surface area contributed by atoms with Crippen LogP contribution in [0, 0.1) is 11.3 Å². The number of benzene rings is 4. The summed E-state index contributed by atoms with van der Waals surface area (Å²) in [6.07, 6.45) is 4.65. The van der Waals surface area contributed by atoms with Gasteiger partial charge in [0.05, 0.1) is 29.7 Å². The van der Waals surface area contributed by atoms with Crippen LogP contribution in [0.25, 0.3) is 10.8 Å². The summed E-state index contributed by atoms with van der Waals surface area (Å²) >= 11 is 0. The number of nitrogens with zero attached hydrogens (tertiary/aromatic N) is 5. The molecule has 2 heterocycles. The largest absolute Gasteiger partial charge is 0.330 e. The Morgan fingerprint density at radius 1 is 0.850 bits per heavy atom. The first-order valence-corrected chi connectivity index (χ1v) is 13.7. The van der Waals surface area contributed by atoms with E-state index in [1.54, 1.807) is 0 Å². The van der Waals surface area contributed by atoms with Gasteiger partial charge in [-0.2, -0.15) is 5.26 Å². The van der Waals surface area contributed by atoms with Gasteiger partial charge in [0.2, 0.25) is 0 Å². The number of carbonyl (C=O) groups excluding carboxylic acids is 1. The molecule has 0 radical (unpaired) electrons. The lowest BCUT2D eigenvalue weighted by molar-refractivity contribution is 0.0687. The van der Waals surface area contributed by atoms with Crippen LogP contribution in [-0.4, -0.2) is 44.9 Å². The van der Waals surface area contributed by atoms with Crippen molar-refractivity contribution in [3.63, 3.8) is 0 Å². The molecule has 4 aromatic carbocycles. The third kappa shape index (κ3) is 5.38. The van der Waals surface area contributed by atoms with Gasteiger partial charge >= 0.3 is 0 Å². The van der Waals surface area contributed by atoms with Gasteiger partial charge in [-0.05, 0) is 46.5 Å². The minimum atomic E-state index is 0.00114. The molecule has 0 saturated carbocycles. The Morgan fingerprint density at radius 3 is 2.45 bits per heavy atom. The van der Waals surface area contributed by atoms with Crippen molar-refractivity contribution in [2.45, 2.75) is 25.6 Å². The van der Waals surface area contributed by atoms with E-state index in [0.717, 1.165) is 53.6 Å². The van der Waals surface area contributed by atoms with Crippen LogP contribution in [0.3, 0.4) is 0 Å². The van der Waals surface area contributed by atoms with E-state index in [1.165, 1.54) is 5.56 Å². The first-order valence-electron chi connectivity index (χ1n) is 13.7. The molecule has 6 rings (SSSR count). The van der Waals surface area contributed by atoms with E-state index in [1.807, 2.05) is 73.2 Å². The van der Waals surface area contributed by atoms with Gasteiger partial charge in [0.25, 0.3) is 5.91 Å². The van der Waals surface area contributed by atoms with E-state index in [0.29, 0.717) is 18.7 Å². The fourth-order valence-electron chi connectivity index (χ4n) is 5.70. The van der Waals surface area contributed by atoms with Gasteiger partial charge in [0, 0.05) is 44.5 Å². The number of carbonyl (C=O) groups is 1. The van der Waals surface area contributed by atoms with Crippen molar-refractivity contribution in [2.75, 3.05) is 19.6 Å². The highest BCUT2D eigenvalue weighted by molar-refractivity contribution is 6.07. The van der Waals surface area contributed by atoms with E-state index in [4.69, 9.17) is 5.26 Å². The van der Waals surface area contributed by atoms with Crippen LogP contribution in [0.1, 0.15) is 45.2 Å². The molecule has 0 N–H and O–H groups in total. The van der Waals surface area contributed by atoms with Crippen molar-refractivity contribution >= 4 is 16.7 Å². The van der Waals surface area contributed by atoms with Crippen molar-refractivity contribution in [3.8, 4) is 6.07 Å². The topological polar surface area (TPSA) is 65.2 Å². The number of hydrogen-bond acceptors (Lipinski definition) is 4. The van der Waals surface area contributed by atoms with Gasteiger partial charge in [-0.15, -0.1) is 0 Å². The van der Waals surface area contributed by atoms with Gasteiger partial charge in [-0.25, -0.2) is 4.98 Å². The first-order chi connectivity index (χ1) is 19.7. The molecular weight excluding hydrogens is 494 g/mol. The molecule has 40 heavy (non-hydrogen) atoms. The Balaban J connectivity index is 1.24. The highest BCUT2D eigenvalue weighted by Crippen LogP contribution is 2.31. The van der Waals surface area contributed by atoms with Crippen molar-refractivity contribution < 1.29 is 4.79 Å². The molecular formula is C34H31N5O. The molecule has 5 aromatic rings. The summed E-state index contributed by atoms with van der Waals surface area (Å²) < 4.78 is 2.17. The molecule has 6 heteroatoms. The number of aromatic nitrogens is 2. The summed E-state index contributed by atoms with van der Waals surface area (Å²) in [5.74, 6) is 0.0818. The SMILES string of the molecule is N#Cc1ccc(Cn2cncc2CN2CCC(c3ccccc3)N(C(=O)c3cccc4ccccc34)CC2)cc1. The number of imidazole rings is 1. The molecule has 0 spiro atoms. The van der Waals surface area contributed by atoms with Crippen molar-refractivity contribution in [2.24, 2.45) is 0 Å². The molecule has 1 aliphatic rings. The van der Waals surface area contributed by atoms with Crippen LogP contribution in [0.15, 0.2) is 110 Å². The Labute approximate surface area is 234 Å². The fourth-order valence-corrected chi connectivity index (χ4v) is 5.70. The summed E-state index contributed by atoms with van der Waals surface area (Å²) in [4.78, 5) is 23.1. The van der Waals surface area contributed by atoms with Crippen LogP contribution < -0.4 is 0 Å². The van der Waals surface area contributed by atoms with Gasteiger partial charge in [0.15, 0.2) is 0 Å². The van der Waals surface area contributed by atoms with E-state index >= 15 is 0 Å². The minimum absolute atomic E-state index is 0.00114. The number of hydrogen-bond donors (Lipinski definition) is 0. The summed E-state index contributed by atoms with van der Waals surface area (Å²) in [5.41, 5.74) is 4.85. The van der Waals surface area contributed by atoms with Crippen molar-refractivity contribution in [1.29, 1.82) is 5.26 Å². The van der Waals surface area contributed by atoms with E-state index in [9.17, 15) is 4.79 Å². The molecule has 6 nitrogen and oxygen atoms in total. The summed E-state index contributed by atoms with van der Waals surface area (Å²) in [7, 11) is 0. The van der Waals surface area contributed by atoms with Crippen molar-refractivity contribution in [3.05, 3.63) is 138 Å². The Kier molecular flexibility index (Phi) is 7.39. The molecule has 1 aromatic heterocycles. The van der Waals surface area contributed by atoms with E-state index in [2.05, 4.69) is 61.8 Å². The molecule has 1 aliphatic heterocycles. The highest BCUT2D eigenvalue weighted by atomic mass is 16.2. The smallest absolute Gasteiger partial charge is 0.255 e. The first kappa shape index (κ1) is 25.5. The van der Waals surface area contributed by atoms with Gasteiger partial charge in [-0.3, -0.25) is 9.69 Å². The highest BCUT2D eigenvalue weighted by Gasteiger charge is 2.30. The number of rotatable bonds is 6. The normalized spacial score (nSPS) is 16.0. The monoisotopic (exact) mass is 525 g/mol. The minimum Gasteiger partial charge on any atom is -0.330 e. The molecule has 1 fully saturated rings. The average Bonchev–Trinajstić information content (AvgIpc) is 3.33. The summed E-state index contributed by atoms with van der Waals surface area (Å²) in [6, 6.07) is 34.4. The molecule has 1 amide bonds. The van der Waals surface area contributed by atoms with Gasteiger partial charge in [0.1, 0.15) is 0 Å². The maximum atomic E-state index is 14.2. The second-order valence-electron chi connectivity index (χ2n) is 10.3. The van der Waals surface area contributed by atoms with Gasteiger partial charge < -0.3 is 9.47 Å². The quantitative estimate of drug-likeness (QED) is 0.271. The number of fused-ring (bicyclic) bond motifs is 1. The zero-order valence-electron chi connectivity index (χ0n) is 22.4. The predicted octanol–water partition coefficient (Wildman–Crippen LogP) is 6.05. The molecule has 0 aliphatic carbocycles. The van der Waals surface area contributed by atoms with E-state index < -0.39 is 0 Å². The predicted molar refractivity (Wildman–Crippen MR) is 157 cm³/mol. The summed E-state index contributed by atoms with van der Waals surface area (Å²) in [6.45, 7) is 3.76. The molecule has 1 saturated heterocycles. The lowest BCUT2D eigenvalue weighted by Crippen LogP contribution is -2.37. The third-order valence-electron chi connectivity index (χ3n) is 7.84. The molecule has 1 unspecified atom stereocenters. The fraction of sp³-hybridized carbons (Fsp3) is 0.206. The van der Waals surface area contributed by atoms with Crippen LogP contribution >= 0.6 is 0 Å². The van der Waals surface area contributed by atoms with Crippen LogP contribution in [0.2, 0.25) is 0 Å². The maximum absolute atomic E-state index is 14.2. The van der Waals surface area contributed by atoms with E-state index in [-0.39, 0.29) is 11.9 Å². The molecule has 1 atom stereocenters. The zero-order chi connectivity index (χ0) is 27.3. The second-order valence-corrected chi connectivity index (χ2v) is 10.3. The number of nitriles is 1. The van der Waals surface area contributed by atoms with Crippen LogP contribution in [0.4, 0.5) is 0 Å². The van der Waals surface area contributed by atoms with Crippen LogP contribution in [-0.2, 0) is 13.1 Å². The summed E-state index contributed by atoms with van der Waals surface area (Å²) in [5, 5.41) is 11.2. The van der Waals surface area contributed by atoms with Crippen LogP contribution in [0.5, 0.6) is 0 Å². The second kappa shape index (κ2) is 11.6. The van der Waals surface area contributed by atoms with Gasteiger partial charge in [-0.1, -0.05) is 78.9 Å². The molecule has 198 valence electrons. The maximum Gasteiger partial charge on any atom is 0.255 e. The Hall–Kier alpha value is -4.73. The number of amides is 1. The van der Waals surface area contributed by atoms with Crippen molar-refractivity contribution in [1.82, 2.24) is 19.4 Å². The lowest BCUT2D eigenvalue weighted by atomic mass is 9.99. The Morgan fingerprint density at radius 2 is 1.62 bits per heavy atom. The molecule has 0 bridgehead atoms. The Bertz CT molecular complexity index is 1650. The third-order valence-corrected chi connectivity index (χ3v) is 7.84. The standard InChI is InChI=1S/C34H31N5O/c35-21-26-13-15-27(16-14-26)23-38-25-36-22-30(38)24-37-18-17-33(29-8-2-1-3-9-29)39(20-19-37)34(40)32-12-6-10-28-7-4-5-11-31(28)32/h1-16,22,25,33H,17-20,23-24H2. The average molecular weight is 526 g/mol. The lowest BCUT2D eigenvalue weighted by Gasteiger charge is -2.30. The zero-order valence-corrected chi connectivity index (χ0v) is 22.4.